The third-order valence-corrected chi connectivity index (χ3v) is 7.91. The van der Waals surface area contributed by atoms with Crippen LogP contribution >= 0.6 is 0 Å². The van der Waals surface area contributed by atoms with Crippen molar-refractivity contribution in [1.29, 1.82) is 0 Å². The van der Waals surface area contributed by atoms with E-state index >= 15 is 0 Å². The highest BCUT2D eigenvalue weighted by molar-refractivity contribution is 5.98. The molecule has 0 saturated carbocycles. The molecule has 3 atom stereocenters. The van der Waals surface area contributed by atoms with E-state index in [1.165, 1.54) is 5.56 Å². The number of hydrogen-bond donors (Lipinski definition) is 1. The number of fused-ring (bicyclic) bond motifs is 3. The highest BCUT2D eigenvalue weighted by Gasteiger charge is 2.50. The standard InChI is InChI=1S/C34H39NO6/c1-3-39-32(37)22-34(38)21-27-17-18-31(36)35(27)29-19-28(41-24(2)11-10-16-25-12-6-4-7-13-25)20-30(33(29)34)40-23-26-14-8-5-9-15-26/h4-9,12-15,19-20,24,27,38H,3,10-11,16-18,21-23H2,1-2H3/t24?,27-,34?/m0/s1. The van der Waals surface area contributed by atoms with E-state index in [2.05, 4.69) is 24.3 Å². The Labute approximate surface area is 242 Å². The summed E-state index contributed by atoms with van der Waals surface area (Å²) in [5.74, 6) is 0.484. The van der Waals surface area contributed by atoms with Gasteiger partial charge in [-0.1, -0.05) is 60.7 Å². The predicted molar refractivity (Wildman–Crippen MR) is 157 cm³/mol. The van der Waals surface area contributed by atoms with Crippen LogP contribution < -0.4 is 14.4 Å². The minimum absolute atomic E-state index is 0.00324. The van der Waals surface area contributed by atoms with Gasteiger partial charge in [-0.15, -0.1) is 0 Å². The lowest BCUT2D eigenvalue weighted by Crippen LogP contribution is -2.47. The molecule has 0 spiro atoms. The van der Waals surface area contributed by atoms with Crippen molar-refractivity contribution in [2.45, 2.75) is 83.1 Å². The fourth-order valence-electron chi connectivity index (χ4n) is 6.05. The van der Waals surface area contributed by atoms with Gasteiger partial charge in [-0.05, 0) is 50.7 Å². The van der Waals surface area contributed by atoms with E-state index < -0.39 is 11.6 Å². The second-order valence-corrected chi connectivity index (χ2v) is 11.1. The molecule has 0 aromatic heterocycles. The number of aliphatic hydroxyl groups is 1. The summed E-state index contributed by atoms with van der Waals surface area (Å²) in [5, 5.41) is 12.1. The molecule has 0 bridgehead atoms. The Morgan fingerprint density at radius 2 is 1.78 bits per heavy atom. The fourth-order valence-corrected chi connectivity index (χ4v) is 6.05. The average Bonchev–Trinajstić information content (AvgIpc) is 3.32. The maximum atomic E-state index is 13.1. The van der Waals surface area contributed by atoms with Crippen LogP contribution in [0.15, 0.2) is 72.8 Å². The molecule has 5 rings (SSSR count). The van der Waals surface area contributed by atoms with E-state index in [0.717, 1.165) is 24.8 Å². The molecule has 2 heterocycles. The van der Waals surface area contributed by atoms with Crippen molar-refractivity contribution in [2.75, 3.05) is 11.5 Å². The van der Waals surface area contributed by atoms with Gasteiger partial charge in [-0.25, -0.2) is 0 Å². The van der Waals surface area contributed by atoms with E-state index in [-0.39, 0.29) is 44.1 Å². The van der Waals surface area contributed by atoms with Crippen LogP contribution in [-0.4, -0.2) is 35.7 Å². The normalized spacial score (nSPS) is 20.2. The van der Waals surface area contributed by atoms with Crippen molar-refractivity contribution < 1.29 is 28.9 Å². The SMILES string of the molecule is CCOC(=O)CC1(O)C[C@@H]2CCC(=O)N2c2cc(OC(C)CCCc3ccccc3)cc(OCc3ccccc3)c21. The quantitative estimate of drug-likeness (QED) is 0.271. The van der Waals surface area contributed by atoms with Crippen LogP contribution in [0, 0.1) is 0 Å². The molecule has 3 aromatic rings. The van der Waals surface area contributed by atoms with Gasteiger partial charge in [-0.2, -0.15) is 0 Å². The Morgan fingerprint density at radius 1 is 1.07 bits per heavy atom. The molecule has 2 aliphatic rings. The van der Waals surface area contributed by atoms with Gasteiger partial charge in [0.2, 0.25) is 5.91 Å². The number of ether oxygens (including phenoxy) is 3. The third-order valence-electron chi connectivity index (χ3n) is 7.91. The molecular weight excluding hydrogens is 518 g/mol. The Balaban J connectivity index is 1.46. The van der Waals surface area contributed by atoms with E-state index in [0.29, 0.717) is 35.6 Å². The van der Waals surface area contributed by atoms with Crippen molar-refractivity contribution in [3.05, 3.63) is 89.5 Å². The molecule has 7 heteroatoms. The lowest BCUT2D eigenvalue weighted by atomic mass is 9.78. The Kier molecular flexibility index (Phi) is 8.93. The van der Waals surface area contributed by atoms with Gasteiger partial charge in [0.1, 0.15) is 23.7 Å². The number of amides is 1. The highest BCUT2D eigenvalue weighted by atomic mass is 16.5. The molecule has 0 aliphatic carbocycles. The van der Waals surface area contributed by atoms with Gasteiger partial charge in [0.15, 0.2) is 0 Å². The van der Waals surface area contributed by atoms with E-state index in [9.17, 15) is 14.7 Å². The summed E-state index contributed by atoms with van der Waals surface area (Å²) in [6, 6.07) is 23.5. The first-order valence-electron chi connectivity index (χ1n) is 14.6. The molecule has 0 radical (unpaired) electrons. The molecule has 2 unspecified atom stereocenters. The molecule has 1 fully saturated rings. The number of esters is 1. The molecular formula is C34H39NO6. The zero-order valence-corrected chi connectivity index (χ0v) is 23.9. The lowest BCUT2D eigenvalue weighted by Gasteiger charge is -2.43. The maximum absolute atomic E-state index is 13.1. The smallest absolute Gasteiger partial charge is 0.309 e. The van der Waals surface area contributed by atoms with Crippen molar-refractivity contribution in [3.8, 4) is 11.5 Å². The van der Waals surface area contributed by atoms with Gasteiger partial charge >= 0.3 is 5.97 Å². The topological polar surface area (TPSA) is 85.3 Å². The molecule has 1 amide bonds. The zero-order chi connectivity index (χ0) is 28.8. The number of rotatable bonds is 12. The Hall–Kier alpha value is -3.84. The second-order valence-electron chi connectivity index (χ2n) is 11.1. The first-order chi connectivity index (χ1) is 19.9. The average molecular weight is 558 g/mol. The number of benzene rings is 3. The van der Waals surface area contributed by atoms with Crippen molar-refractivity contribution >= 4 is 17.6 Å². The number of aryl methyl sites for hydroxylation is 1. The summed E-state index contributed by atoms with van der Waals surface area (Å²) in [5.41, 5.74) is 1.70. The van der Waals surface area contributed by atoms with Crippen LogP contribution in [0.3, 0.4) is 0 Å². The molecule has 2 aliphatic heterocycles. The monoisotopic (exact) mass is 557 g/mol. The molecule has 7 nitrogen and oxygen atoms in total. The van der Waals surface area contributed by atoms with Gasteiger partial charge in [-0.3, -0.25) is 9.59 Å². The largest absolute Gasteiger partial charge is 0.491 e. The second kappa shape index (κ2) is 12.8. The van der Waals surface area contributed by atoms with Crippen LogP contribution in [0.1, 0.15) is 69.1 Å². The van der Waals surface area contributed by atoms with Crippen molar-refractivity contribution in [2.24, 2.45) is 0 Å². The summed E-state index contributed by atoms with van der Waals surface area (Å²) in [6.07, 6.45) is 3.74. The number of carbonyl (C=O) groups excluding carboxylic acids is 2. The highest BCUT2D eigenvalue weighted by Crippen LogP contribution is 2.52. The molecule has 216 valence electrons. The van der Waals surface area contributed by atoms with E-state index in [1.54, 1.807) is 17.9 Å². The fraction of sp³-hybridized carbons (Fsp3) is 0.412. The zero-order valence-electron chi connectivity index (χ0n) is 23.9. The molecule has 41 heavy (non-hydrogen) atoms. The van der Waals surface area contributed by atoms with Gasteiger partial charge in [0.25, 0.3) is 0 Å². The number of nitrogens with zero attached hydrogens (tertiary/aromatic N) is 1. The van der Waals surface area contributed by atoms with Crippen molar-refractivity contribution in [3.63, 3.8) is 0 Å². The van der Waals surface area contributed by atoms with Gasteiger partial charge < -0.3 is 24.2 Å². The first kappa shape index (κ1) is 28.7. The summed E-state index contributed by atoms with van der Waals surface area (Å²) in [6.45, 7) is 4.27. The number of carbonyl (C=O) groups is 2. The summed E-state index contributed by atoms with van der Waals surface area (Å²) >= 11 is 0. The molecule has 3 aromatic carbocycles. The summed E-state index contributed by atoms with van der Waals surface area (Å²) in [4.78, 5) is 27.5. The number of hydrogen-bond acceptors (Lipinski definition) is 6. The van der Waals surface area contributed by atoms with E-state index in [1.807, 2.05) is 49.4 Å². The Bertz CT molecular complexity index is 1340. The van der Waals surface area contributed by atoms with Crippen LogP contribution in [-0.2, 0) is 33.0 Å². The molecule has 1 N–H and O–H groups in total. The van der Waals surface area contributed by atoms with E-state index in [4.69, 9.17) is 14.2 Å². The maximum Gasteiger partial charge on any atom is 0.309 e. The van der Waals surface area contributed by atoms with Crippen LogP contribution in [0.5, 0.6) is 11.5 Å². The summed E-state index contributed by atoms with van der Waals surface area (Å²) in [7, 11) is 0. The molecule has 1 saturated heterocycles. The minimum atomic E-state index is -1.54. The van der Waals surface area contributed by atoms with Gasteiger partial charge in [0, 0.05) is 31.0 Å². The number of anilines is 1. The third kappa shape index (κ3) is 6.73. The van der Waals surface area contributed by atoms with Crippen LogP contribution in [0.2, 0.25) is 0 Å². The van der Waals surface area contributed by atoms with Crippen molar-refractivity contribution in [1.82, 2.24) is 0 Å². The predicted octanol–water partition coefficient (Wildman–Crippen LogP) is 6.10. The van der Waals surface area contributed by atoms with Crippen LogP contribution in [0.4, 0.5) is 5.69 Å². The Morgan fingerprint density at radius 3 is 2.49 bits per heavy atom. The van der Waals surface area contributed by atoms with Gasteiger partial charge in [0.05, 0.1) is 30.4 Å². The first-order valence-corrected chi connectivity index (χ1v) is 14.6. The lowest BCUT2D eigenvalue weighted by molar-refractivity contribution is -0.149. The minimum Gasteiger partial charge on any atom is -0.491 e. The summed E-state index contributed by atoms with van der Waals surface area (Å²) < 4.78 is 18.0. The van der Waals surface area contributed by atoms with Crippen LogP contribution in [0.25, 0.3) is 0 Å².